The number of phenolic OH excluding ortho intramolecular Hbond substituents is 2. The fraction of sp³-hybridized carbons (Fsp3) is 0.179. The topological polar surface area (TPSA) is 114 Å². The van der Waals surface area contributed by atoms with Gasteiger partial charge in [0.1, 0.15) is 21.7 Å². The Morgan fingerprint density at radius 1 is 0.947 bits per heavy atom. The number of anilines is 1. The second-order valence-corrected chi connectivity index (χ2v) is 9.79. The average Bonchev–Trinajstić information content (AvgIpc) is 2.94. The van der Waals surface area contributed by atoms with Gasteiger partial charge >= 0.3 is 0 Å². The van der Waals surface area contributed by atoms with E-state index in [1.54, 1.807) is 43.3 Å². The van der Waals surface area contributed by atoms with Gasteiger partial charge in [0.15, 0.2) is 0 Å². The molecule has 38 heavy (non-hydrogen) atoms. The Balaban J connectivity index is 1.89. The van der Waals surface area contributed by atoms with Gasteiger partial charge < -0.3 is 20.4 Å². The van der Waals surface area contributed by atoms with Crippen LogP contribution in [0.3, 0.4) is 0 Å². The highest BCUT2D eigenvalue weighted by atomic mass is 79.9. The third-order valence-electron chi connectivity index (χ3n) is 5.83. The van der Waals surface area contributed by atoms with Crippen molar-refractivity contribution in [2.75, 3.05) is 18.0 Å². The number of rotatable bonds is 9. The number of hydrogen-bond acceptors (Lipinski definition) is 6. The van der Waals surface area contributed by atoms with Crippen molar-refractivity contribution >= 4 is 61.7 Å². The second-order valence-electron chi connectivity index (χ2n) is 8.20. The van der Waals surface area contributed by atoms with Crippen LogP contribution in [0, 0.1) is 6.92 Å². The van der Waals surface area contributed by atoms with Crippen molar-refractivity contribution in [2.24, 2.45) is 5.10 Å². The van der Waals surface area contributed by atoms with E-state index in [1.807, 2.05) is 24.3 Å². The van der Waals surface area contributed by atoms with E-state index < -0.39 is 11.8 Å². The molecule has 2 amide bonds. The monoisotopic (exact) mass is 642 g/mol. The third-order valence-corrected chi connectivity index (χ3v) is 7.55. The van der Waals surface area contributed by atoms with Crippen molar-refractivity contribution in [3.63, 3.8) is 0 Å². The van der Waals surface area contributed by atoms with E-state index in [1.165, 1.54) is 6.21 Å². The Hall–Kier alpha value is -3.63. The van der Waals surface area contributed by atoms with E-state index >= 15 is 0 Å². The molecule has 10 heteroatoms. The summed E-state index contributed by atoms with van der Waals surface area (Å²) in [5, 5.41) is 27.1. The first-order valence-corrected chi connectivity index (χ1v) is 13.4. The predicted octanol–water partition coefficient (Wildman–Crippen LogP) is 5.70. The van der Waals surface area contributed by atoms with E-state index in [2.05, 4.69) is 66.5 Å². The van der Waals surface area contributed by atoms with E-state index in [9.17, 15) is 19.8 Å². The molecule has 3 aromatic rings. The summed E-state index contributed by atoms with van der Waals surface area (Å²) in [6.07, 6.45) is 2.82. The quantitative estimate of drug-likeness (QED) is 0.136. The van der Waals surface area contributed by atoms with Crippen molar-refractivity contribution in [3.8, 4) is 11.5 Å². The molecule has 0 aliphatic heterocycles. The van der Waals surface area contributed by atoms with Crippen molar-refractivity contribution < 1.29 is 19.8 Å². The van der Waals surface area contributed by atoms with Crippen LogP contribution in [-0.4, -0.2) is 41.3 Å². The van der Waals surface area contributed by atoms with Gasteiger partial charge in [-0.25, -0.2) is 5.43 Å². The van der Waals surface area contributed by atoms with Crippen LogP contribution in [0.15, 0.2) is 74.3 Å². The molecule has 0 saturated carbocycles. The van der Waals surface area contributed by atoms with Gasteiger partial charge in [-0.2, -0.15) is 5.10 Å². The van der Waals surface area contributed by atoms with Crippen LogP contribution in [0.1, 0.15) is 40.9 Å². The maximum Gasteiger partial charge on any atom is 0.287 e. The van der Waals surface area contributed by atoms with E-state index in [4.69, 9.17) is 0 Å². The second kappa shape index (κ2) is 13.3. The molecule has 198 valence electrons. The minimum atomic E-state index is -0.660. The molecule has 0 spiro atoms. The number of benzene rings is 3. The van der Waals surface area contributed by atoms with Crippen LogP contribution < -0.4 is 15.6 Å². The van der Waals surface area contributed by atoms with Gasteiger partial charge in [0.25, 0.3) is 11.8 Å². The van der Waals surface area contributed by atoms with Crippen LogP contribution in [0.5, 0.6) is 11.5 Å². The summed E-state index contributed by atoms with van der Waals surface area (Å²) in [6, 6.07) is 16.2. The first-order valence-electron chi connectivity index (χ1n) is 11.8. The average molecular weight is 644 g/mol. The van der Waals surface area contributed by atoms with Crippen LogP contribution in [0.2, 0.25) is 0 Å². The summed E-state index contributed by atoms with van der Waals surface area (Å²) in [6.45, 7) is 7.57. The van der Waals surface area contributed by atoms with E-state index in [0.29, 0.717) is 21.2 Å². The zero-order valence-electron chi connectivity index (χ0n) is 21.1. The zero-order valence-corrected chi connectivity index (χ0v) is 24.3. The smallest absolute Gasteiger partial charge is 0.287 e. The van der Waals surface area contributed by atoms with Gasteiger partial charge in [-0.3, -0.25) is 9.59 Å². The normalized spacial score (nSPS) is 11.4. The highest BCUT2D eigenvalue weighted by molar-refractivity contribution is 9.11. The molecule has 0 fully saturated rings. The molecular formula is C28H28Br2N4O4. The Morgan fingerprint density at radius 3 is 2.18 bits per heavy atom. The molecule has 0 bridgehead atoms. The zero-order chi connectivity index (χ0) is 27.8. The van der Waals surface area contributed by atoms with Crippen molar-refractivity contribution in [2.45, 2.75) is 20.8 Å². The molecule has 3 rings (SSSR count). The van der Waals surface area contributed by atoms with E-state index in [-0.39, 0.29) is 27.2 Å². The number of halogens is 2. The van der Waals surface area contributed by atoms with Crippen molar-refractivity contribution in [1.82, 2.24) is 10.7 Å². The highest BCUT2D eigenvalue weighted by Crippen LogP contribution is 2.43. The number of nitrogens with one attached hydrogen (secondary N) is 2. The van der Waals surface area contributed by atoms with E-state index in [0.717, 1.165) is 18.8 Å². The van der Waals surface area contributed by atoms with Crippen molar-refractivity contribution in [1.29, 1.82) is 0 Å². The Morgan fingerprint density at radius 2 is 1.58 bits per heavy atom. The molecule has 4 N–H and O–H groups in total. The van der Waals surface area contributed by atoms with Gasteiger partial charge in [0.2, 0.25) is 0 Å². The maximum absolute atomic E-state index is 13.1. The van der Waals surface area contributed by atoms with Crippen LogP contribution >= 0.6 is 31.9 Å². The summed E-state index contributed by atoms with van der Waals surface area (Å²) in [5.41, 5.74) is 5.35. The number of carbonyl (C=O) groups is 2. The Bertz CT molecular complexity index is 1340. The lowest BCUT2D eigenvalue weighted by atomic mass is 10.1. The van der Waals surface area contributed by atoms with Gasteiger partial charge in [-0.15, -0.1) is 0 Å². The molecule has 0 unspecified atom stereocenters. The number of carbonyl (C=O) groups excluding carboxylic acids is 2. The number of hydrazone groups is 1. The molecule has 0 heterocycles. The number of nitrogens with zero attached hydrogens (tertiary/aromatic N) is 2. The van der Waals surface area contributed by atoms with Gasteiger partial charge in [0, 0.05) is 29.9 Å². The first-order chi connectivity index (χ1) is 18.2. The largest absolute Gasteiger partial charge is 0.506 e. The minimum absolute atomic E-state index is 0.0133. The molecule has 8 nitrogen and oxygen atoms in total. The fourth-order valence-corrected chi connectivity index (χ4v) is 4.74. The lowest BCUT2D eigenvalue weighted by Gasteiger charge is -2.21. The summed E-state index contributed by atoms with van der Waals surface area (Å²) in [4.78, 5) is 28.1. The molecule has 0 aromatic heterocycles. The van der Waals surface area contributed by atoms with Crippen LogP contribution in [0.25, 0.3) is 6.08 Å². The predicted molar refractivity (Wildman–Crippen MR) is 158 cm³/mol. The Kier molecular flexibility index (Phi) is 10.1. The SMILES string of the molecule is CCN(CC)c1ccc(C=C(NC(=O)c2ccccc2)C(=O)N/N=C/c2c(C)c(Br)c(O)c(Br)c2O)cc1. The van der Waals surface area contributed by atoms with Crippen LogP contribution in [-0.2, 0) is 4.79 Å². The van der Waals surface area contributed by atoms with Gasteiger partial charge in [0.05, 0.1) is 10.7 Å². The molecule has 0 atom stereocenters. The fourth-order valence-electron chi connectivity index (χ4n) is 3.65. The lowest BCUT2D eigenvalue weighted by molar-refractivity contribution is -0.117. The molecular weight excluding hydrogens is 616 g/mol. The standard InChI is InChI=1S/C28H28Br2N4O4/c1-4-34(5-2)20-13-11-18(12-14-20)15-22(32-27(37)19-9-7-6-8-10-19)28(38)33-31-16-21-17(3)23(29)26(36)24(30)25(21)35/h6-16,35-36H,4-5H2,1-3H3,(H,32,37)(H,33,38)/b22-15?,31-16+. The summed E-state index contributed by atoms with van der Waals surface area (Å²) in [7, 11) is 0. The number of amides is 2. The number of phenols is 2. The molecule has 0 saturated heterocycles. The first kappa shape index (κ1) is 28.9. The third kappa shape index (κ3) is 6.81. The number of hydrogen-bond donors (Lipinski definition) is 4. The van der Waals surface area contributed by atoms with Gasteiger partial charge in [-0.1, -0.05) is 30.3 Å². The van der Waals surface area contributed by atoms with Crippen molar-refractivity contribution in [3.05, 3.63) is 91.5 Å². The minimum Gasteiger partial charge on any atom is -0.506 e. The molecule has 0 aliphatic rings. The summed E-state index contributed by atoms with van der Waals surface area (Å²) < 4.78 is 0.463. The number of aromatic hydroxyl groups is 2. The summed E-state index contributed by atoms with van der Waals surface area (Å²) >= 11 is 6.40. The lowest BCUT2D eigenvalue weighted by Crippen LogP contribution is -2.32. The van der Waals surface area contributed by atoms with Crippen LogP contribution in [0.4, 0.5) is 5.69 Å². The maximum atomic E-state index is 13.1. The highest BCUT2D eigenvalue weighted by Gasteiger charge is 2.18. The molecule has 0 radical (unpaired) electrons. The molecule has 0 aliphatic carbocycles. The molecule has 3 aromatic carbocycles. The van der Waals surface area contributed by atoms with Gasteiger partial charge in [-0.05, 0) is 94.1 Å². The summed E-state index contributed by atoms with van der Waals surface area (Å²) in [5.74, 6) is -1.49. The Labute approximate surface area is 238 Å².